The van der Waals surface area contributed by atoms with Crippen molar-refractivity contribution < 1.29 is 9.90 Å². The highest BCUT2D eigenvalue weighted by Crippen LogP contribution is 2.30. The third-order valence-corrected chi connectivity index (χ3v) is 4.45. The number of aliphatic hydroxyl groups is 1. The van der Waals surface area contributed by atoms with Crippen LogP contribution in [0.1, 0.15) is 25.7 Å². The minimum Gasteiger partial charge on any atom is -0.389 e. The molecule has 0 bridgehead atoms. The van der Waals surface area contributed by atoms with Gasteiger partial charge in [0, 0.05) is 12.2 Å². The molecule has 2 rings (SSSR count). The van der Waals surface area contributed by atoms with Gasteiger partial charge in [0.25, 0.3) is 0 Å². The van der Waals surface area contributed by atoms with Crippen LogP contribution in [0, 0.1) is 0 Å². The number of benzene rings is 1. The van der Waals surface area contributed by atoms with Gasteiger partial charge in [0.1, 0.15) is 0 Å². The van der Waals surface area contributed by atoms with Gasteiger partial charge in [-0.25, -0.2) is 0 Å². The van der Waals surface area contributed by atoms with E-state index in [-0.39, 0.29) is 12.5 Å². The summed E-state index contributed by atoms with van der Waals surface area (Å²) in [6, 6.07) is 4.97. The maximum Gasteiger partial charge on any atom is 0.238 e. The number of anilines is 1. The summed E-state index contributed by atoms with van der Waals surface area (Å²) in [7, 11) is 1.84. The molecule has 1 amide bonds. The summed E-state index contributed by atoms with van der Waals surface area (Å²) in [6.45, 7) is 0.740. The third-order valence-electron chi connectivity index (χ3n) is 3.72. The molecule has 0 atom stereocenters. The predicted octanol–water partition coefficient (Wildman–Crippen LogP) is 3.17. The van der Waals surface area contributed by atoms with Gasteiger partial charge in [-0.3, -0.25) is 9.69 Å². The standard InChI is InChI=1S/C15H20Cl2N2O2/c1-19(10-15(21)6-2-3-7-15)9-14(20)18-11-4-5-12(16)13(17)8-11/h4-5,8,21H,2-3,6-7,9-10H2,1H3,(H,18,20). The summed E-state index contributed by atoms with van der Waals surface area (Å²) < 4.78 is 0. The molecule has 1 fully saturated rings. The van der Waals surface area contributed by atoms with E-state index < -0.39 is 5.60 Å². The van der Waals surface area contributed by atoms with Crippen LogP contribution in [0.2, 0.25) is 10.0 Å². The topological polar surface area (TPSA) is 52.6 Å². The number of carbonyl (C=O) groups excluding carboxylic acids is 1. The normalized spacial score (nSPS) is 17.2. The van der Waals surface area contributed by atoms with Crippen molar-refractivity contribution in [1.82, 2.24) is 4.90 Å². The van der Waals surface area contributed by atoms with Gasteiger partial charge in [-0.2, -0.15) is 0 Å². The first-order valence-electron chi connectivity index (χ1n) is 7.04. The lowest BCUT2D eigenvalue weighted by Crippen LogP contribution is -2.42. The molecular formula is C15H20Cl2N2O2. The molecule has 1 saturated carbocycles. The number of hydrogen-bond donors (Lipinski definition) is 2. The van der Waals surface area contributed by atoms with E-state index in [0.29, 0.717) is 22.3 Å². The molecule has 4 nitrogen and oxygen atoms in total. The van der Waals surface area contributed by atoms with Crippen molar-refractivity contribution in [2.75, 3.05) is 25.5 Å². The Balaban J connectivity index is 1.84. The minimum absolute atomic E-state index is 0.141. The quantitative estimate of drug-likeness (QED) is 0.871. The van der Waals surface area contributed by atoms with Crippen LogP contribution in [-0.4, -0.2) is 41.7 Å². The van der Waals surface area contributed by atoms with Crippen LogP contribution >= 0.6 is 23.2 Å². The van der Waals surface area contributed by atoms with E-state index in [0.717, 1.165) is 25.7 Å². The highest BCUT2D eigenvalue weighted by atomic mass is 35.5. The van der Waals surface area contributed by atoms with Crippen molar-refractivity contribution in [1.29, 1.82) is 0 Å². The molecular weight excluding hydrogens is 311 g/mol. The Labute approximate surface area is 135 Å². The Hall–Kier alpha value is -0.810. The zero-order valence-corrected chi connectivity index (χ0v) is 13.5. The summed E-state index contributed by atoms with van der Waals surface area (Å²) in [5.74, 6) is -0.141. The largest absolute Gasteiger partial charge is 0.389 e. The molecule has 1 aliphatic carbocycles. The molecule has 1 aromatic rings. The summed E-state index contributed by atoms with van der Waals surface area (Å²) in [6.07, 6.45) is 3.73. The maximum atomic E-state index is 12.0. The fraction of sp³-hybridized carbons (Fsp3) is 0.533. The van der Waals surface area contributed by atoms with Gasteiger partial charge in [0.15, 0.2) is 0 Å². The number of nitrogens with one attached hydrogen (secondary N) is 1. The molecule has 1 aliphatic rings. The average Bonchev–Trinajstić information content (AvgIpc) is 2.79. The van der Waals surface area contributed by atoms with Crippen LogP contribution < -0.4 is 5.32 Å². The molecule has 0 heterocycles. The first-order valence-corrected chi connectivity index (χ1v) is 7.79. The number of nitrogens with zero attached hydrogens (tertiary/aromatic N) is 1. The van der Waals surface area contributed by atoms with E-state index in [1.54, 1.807) is 18.2 Å². The van der Waals surface area contributed by atoms with E-state index in [1.807, 2.05) is 11.9 Å². The Morgan fingerprint density at radius 1 is 1.33 bits per heavy atom. The second-order valence-electron chi connectivity index (χ2n) is 5.78. The molecule has 0 spiro atoms. The van der Waals surface area contributed by atoms with Crippen LogP contribution in [0.4, 0.5) is 5.69 Å². The molecule has 1 aromatic carbocycles. The predicted molar refractivity (Wildman–Crippen MR) is 86.0 cm³/mol. The number of amides is 1. The van der Waals surface area contributed by atoms with Crippen molar-refractivity contribution in [2.24, 2.45) is 0 Å². The Morgan fingerprint density at radius 3 is 2.62 bits per heavy atom. The van der Waals surface area contributed by atoms with E-state index in [4.69, 9.17) is 23.2 Å². The first-order chi connectivity index (χ1) is 9.88. The van der Waals surface area contributed by atoms with Crippen molar-refractivity contribution in [2.45, 2.75) is 31.3 Å². The second-order valence-corrected chi connectivity index (χ2v) is 6.60. The van der Waals surface area contributed by atoms with Gasteiger partial charge in [-0.1, -0.05) is 36.0 Å². The highest BCUT2D eigenvalue weighted by Gasteiger charge is 2.32. The number of hydrogen-bond acceptors (Lipinski definition) is 3. The SMILES string of the molecule is CN(CC(=O)Nc1ccc(Cl)c(Cl)c1)CC1(O)CCCC1. The Kier molecular flexibility index (Phi) is 5.49. The Morgan fingerprint density at radius 2 is 2.00 bits per heavy atom. The molecule has 0 radical (unpaired) electrons. The second kappa shape index (κ2) is 6.97. The van der Waals surface area contributed by atoms with Gasteiger partial charge in [0.05, 0.1) is 22.2 Å². The van der Waals surface area contributed by atoms with Gasteiger partial charge in [-0.05, 0) is 38.1 Å². The monoisotopic (exact) mass is 330 g/mol. The summed E-state index contributed by atoms with van der Waals surface area (Å²) >= 11 is 11.7. The number of carbonyl (C=O) groups is 1. The average molecular weight is 331 g/mol. The van der Waals surface area contributed by atoms with Gasteiger partial charge in [-0.15, -0.1) is 0 Å². The zero-order valence-electron chi connectivity index (χ0n) is 12.0. The van der Waals surface area contributed by atoms with Gasteiger partial charge < -0.3 is 10.4 Å². The van der Waals surface area contributed by atoms with Crippen molar-refractivity contribution >= 4 is 34.8 Å². The van der Waals surface area contributed by atoms with Gasteiger partial charge in [0.2, 0.25) is 5.91 Å². The lowest BCUT2D eigenvalue weighted by Gasteiger charge is -2.28. The smallest absolute Gasteiger partial charge is 0.238 e. The summed E-state index contributed by atoms with van der Waals surface area (Å²) in [4.78, 5) is 13.8. The van der Waals surface area contributed by atoms with E-state index in [9.17, 15) is 9.90 Å². The third kappa shape index (κ3) is 4.85. The van der Waals surface area contributed by atoms with Crippen LogP contribution in [-0.2, 0) is 4.79 Å². The lowest BCUT2D eigenvalue weighted by atomic mass is 10.0. The molecule has 0 saturated heterocycles. The summed E-state index contributed by atoms with van der Waals surface area (Å²) in [5.41, 5.74) is -0.0270. The first kappa shape index (κ1) is 16.6. The minimum atomic E-state index is -0.640. The number of halogens is 2. The fourth-order valence-electron chi connectivity index (χ4n) is 2.77. The highest BCUT2D eigenvalue weighted by molar-refractivity contribution is 6.42. The molecule has 2 N–H and O–H groups in total. The van der Waals surface area contributed by atoms with E-state index in [1.165, 1.54) is 0 Å². The van der Waals surface area contributed by atoms with Crippen LogP contribution in [0.5, 0.6) is 0 Å². The molecule has 116 valence electrons. The van der Waals surface area contributed by atoms with Crippen molar-refractivity contribution in [3.8, 4) is 0 Å². The van der Waals surface area contributed by atoms with Crippen molar-refractivity contribution in [3.63, 3.8) is 0 Å². The molecule has 0 unspecified atom stereocenters. The molecule has 6 heteroatoms. The van der Waals surface area contributed by atoms with Gasteiger partial charge >= 0.3 is 0 Å². The van der Waals surface area contributed by atoms with Crippen LogP contribution in [0.15, 0.2) is 18.2 Å². The molecule has 0 aliphatic heterocycles. The van der Waals surface area contributed by atoms with Crippen LogP contribution in [0.25, 0.3) is 0 Å². The molecule has 0 aromatic heterocycles. The number of rotatable bonds is 5. The summed E-state index contributed by atoms with van der Waals surface area (Å²) in [5, 5.41) is 14.0. The van der Waals surface area contributed by atoms with E-state index in [2.05, 4.69) is 5.32 Å². The van der Waals surface area contributed by atoms with Crippen LogP contribution in [0.3, 0.4) is 0 Å². The number of likely N-dealkylation sites (N-methyl/N-ethyl adjacent to an activating group) is 1. The van der Waals surface area contributed by atoms with Crippen molar-refractivity contribution in [3.05, 3.63) is 28.2 Å². The fourth-order valence-corrected chi connectivity index (χ4v) is 3.07. The Bertz CT molecular complexity index is 516. The lowest BCUT2D eigenvalue weighted by molar-refractivity contribution is -0.117. The zero-order chi connectivity index (χ0) is 15.5. The molecule has 21 heavy (non-hydrogen) atoms. The van der Waals surface area contributed by atoms with E-state index >= 15 is 0 Å². The maximum absolute atomic E-state index is 12.0.